The Kier molecular flexibility index (Phi) is 8.26. The Hall–Kier alpha value is -3.35. The predicted molar refractivity (Wildman–Crippen MR) is 120 cm³/mol. The fourth-order valence-corrected chi connectivity index (χ4v) is 2.94. The van der Waals surface area contributed by atoms with Gasteiger partial charge in [-0.15, -0.1) is 10.2 Å². The minimum absolute atomic E-state index is 0.556. The zero-order valence-corrected chi connectivity index (χ0v) is 17.7. The standard InChI is InChI=1S/C23H30N6O/c1-3-22-28-27-18-29(22)15-13-24-23(26-17-20-7-5-4-6-8-20)25-14-16-30-21-11-9-19(2)10-12-21/h4-12,18H,3,13-17H2,1-2H3,(H2,24,25,26). The van der Waals surface area contributed by atoms with Gasteiger partial charge in [0, 0.05) is 19.5 Å². The first-order valence-electron chi connectivity index (χ1n) is 10.4. The summed E-state index contributed by atoms with van der Waals surface area (Å²) in [7, 11) is 0. The van der Waals surface area contributed by atoms with Gasteiger partial charge in [-0.3, -0.25) is 0 Å². The molecule has 1 heterocycles. The van der Waals surface area contributed by atoms with E-state index in [1.807, 2.05) is 42.5 Å². The van der Waals surface area contributed by atoms with Crippen LogP contribution in [0, 0.1) is 6.92 Å². The molecule has 0 saturated carbocycles. The number of benzene rings is 2. The molecule has 2 aromatic carbocycles. The number of nitrogens with one attached hydrogen (secondary N) is 2. The van der Waals surface area contributed by atoms with Crippen molar-refractivity contribution in [2.45, 2.75) is 33.4 Å². The second-order valence-electron chi connectivity index (χ2n) is 6.96. The molecule has 2 N–H and O–H groups in total. The summed E-state index contributed by atoms with van der Waals surface area (Å²) in [6.07, 6.45) is 2.63. The van der Waals surface area contributed by atoms with Crippen molar-refractivity contribution < 1.29 is 4.74 Å². The molecule has 0 aliphatic heterocycles. The van der Waals surface area contributed by atoms with E-state index in [0.29, 0.717) is 19.7 Å². The average molecular weight is 407 g/mol. The van der Waals surface area contributed by atoms with Crippen LogP contribution in [-0.4, -0.2) is 40.4 Å². The monoisotopic (exact) mass is 406 g/mol. The molecule has 0 fully saturated rings. The number of guanidine groups is 1. The van der Waals surface area contributed by atoms with Crippen molar-refractivity contribution in [2.24, 2.45) is 4.99 Å². The van der Waals surface area contributed by atoms with Crippen LogP contribution in [0.1, 0.15) is 23.9 Å². The van der Waals surface area contributed by atoms with Crippen molar-refractivity contribution in [1.29, 1.82) is 0 Å². The van der Waals surface area contributed by atoms with Crippen LogP contribution in [0.3, 0.4) is 0 Å². The van der Waals surface area contributed by atoms with E-state index in [-0.39, 0.29) is 0 Å². The molecule has 0 amide bonds. The summed E-state index contributed by atoms with van der Waals surface area (Å²) < 4.78 is 7.86. The fourth-order valence-electron chi connectivity index (χ4n) is 2.94. The van der Waals surface area contributed by atoms with Gasteiger partial charge in [0.25, 0.3) is 0 Å². The van der Waals surface area contributed by atoms with E-state index in [4.69, 9.17) is 9.73 Å². The van der Waals surface area contributed by atoms with Gasteiger partial charge >= 0.3 is 0 Å². The zero-order valence-electron chi connectivity index (χ0n) is 17.7. The number of aromatic nitrogens is 3. The molecule has 0 saturated heterocycles. The van der Waals surface area contributed by atoms with E-state index in [2.05, 4.69) is 51.4 Å². The highest BCUT2D eigenvalue weighted by Gasteiger charge is 2.03. The van der Waals surface area contributed by atoms with Crippen molar-refractivity contribution in [3.63, 3.8) is 0 Å². The van der Waals surface area contributed by atoms with Crippen LogP contribution >= 0.6 is 0 Å². The topological polar surface area (TPSA) is 76.4 Å². The summed E-state index contributed by atoms with van der Waals surface area (Å²) in [5.74, 6) is 2.62. The Morgan fingerprint density at radius 2 is 1.80 bits per heavy atom. The highest BCUT2D eigenvalue weighted by molar-refractivity contribution is 5.79. The van der Waals surface area contributed by atoms with Gasteiger partial charge in [-0.25, -0.2) is 4.99 Å². The third-order valence-electron chi connectivity index (χ3n) is 4.60. The molecule has 3 aromatic rings. The van der Waals surface area contributed by atoms with Gasteiger partial charge in [-0.05, 0) is 24.6 Å². The van der Waals surface area contributed by atoms with Gasteiger partial charge in [0.05, 0.1) is 13.1 Å². The molecule has 7 heteroatoms. The third-order valence-corrected chi connectivity index (χ3v) is 4.60. The second kappa shape index (κ2) is 11.6. The fraction of sp³-hybridized carbons (Fsp3) is 0.348. The molecule has 0 bridgehead atoms. The quantitative estimate of drug-likeness (QED) is 0.308. The summed E-state index contributed by atoms with van der Waals surface area (Å²) in [5.41, 5.74) is 2.39. The Balaban J connectivity index is 1.51. The Bertz CT molecular complexity index is 905. The smallest absolute Gasteiger partial charge is 0.191 e. The Labute approximate surface area is 178 Å². The van der Waals surface area contributed by atoms with Crippen LogP contribution in [0.2, 0.25) is 0 Å². The number of aliphatic imine (C=N–C) groups is 1. The van der Waals surface area contributed by atoms with Crippen LogP contribution in [0.4, 0.5) is 0 Å². The van der Waals surface area contributed by atoms with E-state index >= 15 is 0 Å². The SMILES string of the molecule is CCc1nncn1CCNC(=NCc1ccccc1)NCCOc1ccc(C)cc1. The molecule has 30 heavy (non-hydrogen) atoms. The van der Waals surface area contributed by atoms with E-state index < -0.39 is 0 Å². The van der Waals surface area contributed by atoms with Crippen LogP contribution in [-0.2, 0) is 19.5 Å². The summed E-state index contributed by atoms with van der Waals surface area (Å²) in [6.45, 7) is 7.47. The largest absolute Gasteiger partial charge is 0.492 e. The van der Waals surface area contributed by atoms with Gasteiger partial charge in [0.1, 0.15) is 24.5 Å². The molecule has 0 unspecified atom stereocenters. The molecule has 0 aliphatic rings. The van der Waals surface area contributed by atoms with Crippen molar-refractivity contribution in [3.05, 3.63) is 77.9 Å². The average Bonchev–Trinajstić information content (AvgIpc) is 3.24. The maximum Gasteiger partial charge on any atom is 0.191 e. The molecule has 0 radical (unpaired) electrons. The summed E-state index contributed by atoms with van der Waals surface area (Å²) in [6, 6.07) is 18.3. The summed E-state index contributed by atoms with van der Waals surface area (Å²) in [5, 5.41) is 14.9. The summed E-state index contributed by atoms with van der Waals surface area (Å²) in [4.78, 5) is 4.71. The molecule has 7 nitrogen and oxygen atoms in total. The number of nitrogens with zero attached hydrogens (tertiary/aromatic N) is 4. The number of rotatable bonds is 10. The zero-order chi connectivity index (χ0) is 21.0. The highest BCUT2D eigenvalue weighted by atomic mass is 16.5. The molecular weight excluding hydrogens is 376 g/mol. The van der Waals surface area contributed by atoms with E-state index in [1.165, 1.54) is 11.1 Å². The molecule has 1 aromatic heterocycles. The lowest BCUT2D eigenvalue weighted by atomic mass is 10.2. The number of aryl methyl sites for hydroxylation is 2. The summed E-state index contributed by atoms with van der Waals surface area (Å²) >= 11 is 0. The maximum atomic E-state index is 5.80. The first-order chi connectivity index (χ1) is 14.7. The van der Waals surface area contributed by atoms with Gasteiger partial charge < -0.3 is 19.9 Å². The van der Waals surface area contributed by atoms with Gasteiger partial charge in [0.2, 0.25) is 0 Å². The van der Waals surface area contributed by atoms with Crippen LogP contribution < -0.4 is 15.4 Å². The molecule has 158 valence electrons. The first-order valence-corrected chi connectivity index (χ1v) is 10.4. The predicted octanol–water partition coefficient (Wildman–Crippen LogP) is 2.96. The molecule has 0 aliphatic carbocycles. The normalized spacial score (nSPS) is 11.3. The van der Waals surface area contributed by atoms with E-state index in [0.717, 1.165) is 37.0 Å². The maximum absolute atomic E-state index is 5.80. The number of hydrogen-bond acceptors (Lipinski definition) is 4. The lowest BCUT2D eigenvalue weighted by molar-refractivity contribution is 0.322. The van der Waals surface area contributed by atoms with Gasteiger partial charge in [-0.2, -0.15) is 0 Å². The highest BCUT2D eigenvalue weighted by Crippen LogP contribution is 2.10. The third kappa shape index (κ3) is 6.92. The number of hydrogen-bond donors (Lipinski definition) is 2. The van der Waals surface area contributed by atoms with Gasteiger partial charge in [0.15, 0.2) is 5.96 Å². The molecule has 3 rings (SSSR count). The minimum atomic E-state index is 0.556. The Morgan fingerprint density at radius 1 is 1.03 bits per heavy atom. The van der Waals surface area contributed by atoms with Crippen LogP contribution in [0.15, 0.2) is 65.9 Å². The van der Waals surface area contributed by atoms with Crippen molar-refractivity contribution >= 4 is 5.96 Å². The lowest BCUT2D eigenvalue weighted by Gasteiger charge is -2.14. The minimum Gasteiger partial charge on any atom is -0.492 e. The van der Waals surface area contributed by atoms with E-state index in [9.17, 15) is 0 Å². The van der Waals surface area contributed by atoms with Crippen molar-refractivity contribution in [3.8, 4) is 5.75 Å². The van der Waals surface area contributed by atoms with Crippen molar-refractivity contribution in [2.75, 3.05) is 19.7 Å². The molecular formula is C23H30N6O. The van der Waals surface area contributed by atoms with Crippen LogP contribution in [0.25, 0.3) is 0 Å². The number of ether oxygens (including phenoxy) is 1. The molecule has 0 atom stereocenters. The van der Waals surface area contributed by atoms with Gasteiger partial charge in [-0.1, -0.05) is 55.0 Å². The van der Waals surface area contributed by atoms with Crippen molar-refractivity contribution in [1.82, 2.24) is 25.4 Å². The van der Waals surface area contributed by atoms with E-state index in [1.54, 1.807) is 6.33 Å². The lowest BCUT2D eigenvalue weighted by Crippen LogP contribution is -2.40. The second-order valence-corrected chi connectivity index (χ2v) is 6.96. The Morgan fingerprint density at radius 3 is 2.57 bits per heavy atom. The first kappa shape index (κ1) is 21.4. The molecule has 0 spiro atoms. The van der Waals surface area contributed by atoms with Crippen LogP contribution in [0.5, 0.6) is 5.75 Å².